The topological polar surface area (TPSA) is 17.1 Å². The summed E-state index contributed by atoms with van der Waals surface area (Å²) in [6.45, 7) is 6.91. The van der Waals surface area contributed by atoms with Crippen molar-refractivity contribution in [3.05, 3.63) is 34.4 Å². The first-order valence-electron chi connectivity index (χ1n) is 7.60. The minimum absolute atomic E-state index is 0.310. The lowest BCUT2D eigenvalue weighted by atomic mass is 9.55. The van der Waals surface area contributed by atoms with Crippen LogP contribution in [0.1, 0.15) is 54.9 Å². The molecule has 19 heavy (non-hydrogen) atoms. The SMILES string of the molecule is Cc1cc(C)c2c(c1)CC[C@@H]1CC(C=O)CC[C@]21C. The first-order chi connectivity index (χ1) is 9.04. The summed E-state index contributed by atoms with van der Waals surface area (Å²) in [4.78, 5) is 11.1. The Kier molecular flexibility index (Phi) is 3.03. The first kappa shape index (κ1) is 12.9. The molecule has 0 radical (unpaired) electrons. The highest BCUT2D eigenvalue weighted by atomic mass is 16.1. The summed E-state index contributed by atoms with van der Waals surface area (Å²) in [7, 11) is 0. The van der Waals surface area contributed by atoms with E-state index in [0.29, 0.717) is 17.3 Å². The van der Waals surface area contributed by atoms with Gasteiger partial charge >= 0.3 is 0 Å². The summed E-state index contributed by atoms with van der Waals surface area (Å²) >= 11 is 0. The predicted octanol–water partition coefficient (Wildman–Crippen LogP) is 4.12. The van der Waals surface area contributed by atoms with Gasteiger partial charge in [-0.25, -0.2) is 0 Å². The molecule has 0 heterocycles. The van der Waals surface area contributed by atoms with E-state index in [2.05, 4.69) is 32.9 Å². The zero-order chi connectivity index (χ0) is 13.6. The van der Waals surface area contributed by atoms with Crippen LogP contribution in [0.3, 0.4) is 0 Å². The molecule has 1 nitrogen and oxygen atoms in total. The molecule has 3 atom stereocenters. The molecule has 2 aliphatic carbocycles. The van der Waals surface area contributed by atoms with Crippen molar-refractivity contribution in [2.75, 3.05) is 0 Å². The molecule has 1 fully saturated rings. The maximum absolute atomic E-state index is 11.1. The number of benzene rings is 1. The third-order valence-electron chi connectivity index (χ3n) is 5.61. The fourth-order valence-electron chi connectivity index (χ4n) is 4.72. The van der Waals surface area contributed by atoms with Crippen LogP contribution in [0.4, 0.5) is 0 Å². The van der Waals surface area contributed by atoms with Gasteiger partial charge in [0.25, 0.3) is 0 Å². The summed E-state index contributed by atoms with van der Waals surface area (Å²) in [6, 6.07) is 4.72. The highest BCUT2D eigenvalue weighted by molar-refractivity contribution is 5.55. The van der Waals surface area contributed by atoms with E-state index in [1.54, 1.807) is 11.1 Å². The van der Waals surface area contributed by atoms with Gasteiger partial charge in [0.1, 0.15) is 6.29 Å². The number of carbonyl (C=O) groups is 1. The summed E-state index contributed by atoms with van der Waals surface area (Å²) in [6.07, 6.45) is 7.01. The van der Waals surface area contributed by atoms with E-state index in [9.17, 15) is 4.79 Å². The van der Waals surface area contributed by atoms with Crippen molar-refractivity contribution < 1.29 is 4.79 Å². The highest BCUT2D eigenvalue weighted by Gasteiger charge is 2.44. The maximum atomic E-state index is 11.1. The van der Waals surface area contributed by atoms with Crippen LogP contribution >= 0.6 is 0 Å². The lowest BCUT2D eigenvalue weighted by Crippen LogP contribution is -2.42. The zero-order valence-corrected chi connectivity index (χ0v) is 12.3. The molecule has 102 valence electrons. The fraction of sp³-hybridized carbons (Fsp3) is 0.611. The second-order valence-corrected chi connectivity index (χ2v) is 6.94. The van der Waals surface area contributed by atoms with Gasteiger partial charge < -0.3 is 4.79 Å². The second kappa shape index (κ2) is 4.47. The molecule has 1 aromatic rings. The molecule has 3 rings (SSSR count). The molecule has 0 aliphatic heterocycles. The van der Waals surface area contributed by atoms with Crippen molar-refractivity contribution in [1.82, 2.24) is 0 Å². The Morgan fingerprint density at radius 2 is 2.05 bits per heavy atom. The van der Waals surface area contributed by atoms with Crippen molar-refractivity contribution in [2.24, 2.45) is 11.8 Å². The smallest absolute Gasteiger partial charge is 0.123 e. The van der Waals surface area contributed by atoms with Crippen LogP contribution in [0.2, 0.25) is 0 Å². The summed E-state index contributed by atoms with van der Waals surface area (Å²) in [5.74, 6) is 1.01. The van der Waals surface area contributed by atoms with Crippen LogP contribution in [-0.4, -0.2) is 6.29 Å². The molecule has 1 unspecified atom stereocenters. The predicted molar refractivity (Wildman–Crippen MR) is 78.5 cm³/mol. The van der Waals surface area contributed by atoms with E-state index < -0.39 is 0 Å². The lowest BCUT2D eigenvalue weighted by Gasteiger charge is -2.48. The molecular formula is C18H24O. The van der Waals surface area contributed by atoms with E-state index in [-0.39, 0.29) is 0 Å². The van der Waals surface area contributed by atoms with Crippen LogP contribution in [0.5, 0.6) is 0 Å². The molecular weight excluding hydrogens is 232 g/mol. The van der Waals surface area contributed by atoms with E-state index in [1.165, 1.54) is 36.7 Å². The number of carbonyl (C=O) groups excluding carboxylic acids is 1. The normalized spacial score (nSPS) is 33.4. The third-order valence-corrected chi connectivity index (χ3v) is 5.61. The average Bonchev–Trinajstić information content (AvgIpc) is 2.36. The largest absolute Gasteiger partial charge is 0.303 e. The second-order valence-electron chi connectivity index (χ2n) is 6.94. The van der Waals surface area contributed by atoms with Crippen molar-refractivity contribution in [2.45, 2.75) is 58.3 Å². The molecule has 2 aliphatic rings. The molecule has 1 heteroatoms. The number of hydrogen-bond donors (Lipinski definition) is 0. The number of aryl methyl sites for hydroxylation is 3. The Labute approximate surface area is 116 Å². The Morgan fingerprint density at radius 1 is 1.26 bits per heavy atom. The van der Waals surface area contributed by atoms with Crippen molar-refractivity contribution in [3.63, 3.8) is 0 Å². The fourth-order valence-corrected chi connectivity index (χ4v) is 4.72. The Bertz CT molecular complexity index is 517. The van der Waals surface area contributed by atoms with Gasteiger partial charge in [0, 0.05) is 5.92 Å². The molecule has 0 N–H and O–H groups in total. The summed E-state index contributed by atoms with van der Waals surface area (Å²) in [5, 5.41) is 0. The van der Waals surface area contributed by atoms with Gasteiger partial charge in [-0.05, 0) is 74.0 Å². The van der Waals surface area contributed by atoms with Gasteiger partial charge in [-0.3, -0.25) is 0 Å². The standard InChI is InChI=1S/C18H24O/c1-12-8-13(2)17-15(9-12)4-5-16-10-14(11-19)6-7-18(16,17)3/h8-9,11,14,16H,4-7,10H2,1-3H3/t14?,16-,18+/m1/s1. The van der Waals surface area contributed by atoms with Crippen LogP contribution in [0.25, 0.3) is 0 Å². The number of rotatable bonds is 1. The van der Waals surface area contributed by atoms with Crippen molar-refractivity contribution in [1.29, 1.82) is 0 Å². The molecule has 1 saturated carbocycles. The van der Waals surface area contributed by atoms with Crippen molar-refractivity contribution >= 4 is 6.29 Å². The van der Waals surface area contributed by atoms with E-state index in [1.807, 2.05) is 0 Å². The Morgan fingerprint density at radius 3 is 2.79 bits per heavy atom. The third kappa shape index (κ3) is 1.94. The monoisotopic (exact) mass is 256 g/mol. The van der Waals surface area contributed by atoms with Gasteiger partial charge in [0.15, 0.2) is 0 Å². The number of aldehydes is 1. The van der Waals surface area contributed by atoms with E-state index >= 15 is 0 Å². The zero-order valence-electron chi connectivity index (χ0n) is 12.3. The molecule has 0 spiro atoms. The minimum atomic E-state index is 0.310. The summed E-state index contributed by atoms with van der Waals surface area (Å²) < 4.78 is 0. The van der Waals surface area contributed by atoms with Crippen LogP contribution < -0.4 is 0 Å². The number of hydrogen-bond acceptors (Lipinski definition) is 1. The first-order valence-corrected chi connectivity index (χ1v) is 7.60. The minimum Gasteiger partial charge on any atom is -0.303 e. The molecule has 0 aromatic heterocycles. The van der Waals surface area contributed by atoms with Gasteiger partial charge in [-0.15, -0.1) is 0 Å². The van der Waals surface area contributed by atoms with Crippen molar-refractivity contribution in [3.8, 4) is 0 Å². The average molecular weight is 256 g/mol. The highest BCUT2D eigenvalue weighted by Crippen LogP contribution is 2.52. The van der Waals surface area contributed by atoms with E-state index in [4.69, 9.17) is 0 Å². The Balaban J connectivity index is 2.06. The molecule has 0 amide bonds. The van der Waals surface area contributed by atoms with E-state index in [0.717, 1.165) is 12.8 Å². The quantitative estimate of drug-likeness (QED) is 0.691. The van der Waals surface area contributed by atoms with Gasteiger partial charge in [0.05, 0.1) is 0 Å². The number of fused-ring (bicyclic) bond motifs is 3. The van der Waals surface area contributed by atoms with Gasteiger partial charge in [-0.2, -0.15) is 0 Å². The lowest BCUT2D eigenvalue weighted by molar-refractivity contribution is -0.113. The summed E-state index contributed by atoms with van der Waals surface area (Å²) in [5.41, 5.74) is 6.34. The van der Waals surface area contributed by atoms with Crippen LogP contribution in [0.15, 0.2) is 12.1 Å². The van der Waals surface area contributed by atoms with Gasteiger partial charge in [0.2, 0.25) is 0 Å². The van der Waals surface area contributed by atoms with Crippen LogP contribution in [-0.2, 0) is 16.6 Å². The molecule has 1 aromatic carbocycles. The van der Waals surface area contributed by atoms with Crippen LogP contribution in [0, 0.1) is 25.7 Å². The van der Waals surface area contributed by atoms with Gasteiger partial charge in [-0.1, -0.05) is 24.6 Å². The molecule has 0 bridgehead atoms. The molecule has 0 saturated heterocycles. The maximum Gasteiger partial charge on any atom is 0.123 e. The Hall–Kier alpha value is -1.11.